The van der Waals surface area contributed by atoms with E-state index >= 15 is 0 Å². The van der Waals surface area contributed by atoms with Gasteiger partial charge in [-0.2, -0.15) is 0 Å². The standard InChI is InChI=1S/C13H12N4/c1-8-15-12-7-10-5-3-2-4-9(10)6-11(12)13(16-8)17-14/h2-7H,14H2,1H3,(H,15,16,17). The van der Waals surface area contributed by atoms with Crippen LogP contribution >= 0.6 is 0 Å². The average molecular weight is 224 g/mol. The maximum atomic E-state index is 5.49. The summed E-state index contributed by atoms with van der Waals surface area (Å²) < 4.78 is 0. The van der Waals surface area contributed by atoms with E-state index in [0.29, 0.717) is 11.6 Å². The van der Waals surface area contributed by atoms with Gasteiger partial charge in [0.2, 0.25) is 0 Å². The summed E-state index contributed by atoms with van der Waals surface area (Å²) in [5.74, 6) is 6.86. The highest BCUT2D eigenvalue weighted by atomic mass is 15.3. The van der Waals surface area contributed by atoms with Gasteiger partial charge in [0.15, 0.2) is 5.82 Å². The number of hydrogen-bond donors (Lipinski definition) is 2. The summed E-state index contributed by atoms with van der Waals surface area (Å²) in [5, 5.41) is 3.27. The fourth-order valence-corrected chi connectivity index (χ4v) is 2.04. The molecule has 3 aromatic rings. The van der Waals surface area contributed by atoms with E-state index in [9.17, 15) is 0 Å². The van der Waals surface area contributed by atoms with Crippen molar-refractivity contribution < 1.29 is 0 Å². The van der Waals surface area contributed by atoms with Gasteiger partial charge in [0.25, 0.3) is 0 Å². The first kappa shape index (κ1) is 9.99. The Hall–Kier alpha value is -2.20. The van der Waals surface area contributed by atoms with Crippen molar-refractivity contribution in [2.75, 3.05) is 5.43 Å². The van der Waals surface area contributed by atoms with Crippen LogP contribution < -0.4 is 11.3 Å². The van der Waals surface area contributed by atoms with Crippen molar-refractivity contribution in [2.45, 2.75) is 6.92 Å². The quantitative estimate of drug-likeness (QED) is 0.378. The molecule has 0 atom stereocenters. The van der Waals surface area contributed by atoms with Gasteiger partial charge in [-0.3, -0.25) is 0 Å². The molecule has 0 aliphatic rings. The highest BCUT2D eigenvalue weighted by Crippen LogP contribution is 2.25. The minimum atomic E-state index is 0.665. The van der Waals surface area contributed by atoms with Crippen LogP contribution in [0.4, 0.5) is 5.82 Å². The van der Waals surface area contributed by atoms with Crippen LogP contribution in [-0.2, 0) is 0 Å². The molecule has 17 heavy (non-hydrogen) atoms. The molecular weight excluding hydrogens is 212 g/mol. The summed E-state index contributed by atoms with van der Waals surface area (Å²) in [6, 6.07) is 12.3. The third-order valence-electron chi connectivity index (χ3n) is 2.81. The summed E-state index contributed by atoms with van der Waals surface area (Å²) in [4.78, 5) is 8.71. The van der Waals surface area contributed by atoms with Crippen LogP contribution in [0.3, 0.4) is 0 Å². The Labute approximate surface area is 98.5 Å². The zero-order valence-corrected chi connectivity index (χ0v) is 9.44. The van der Waals surface area contributed by atoms with E-state index in [0.717, 1.165) is 16.3 Å². The summed E-state index contributed by atoms with van der Waals surface area (Å²) in [6.45, 7) is 1.86. The second-order valence-corrected chi connectivity index (χ2v) is 3.98. The maximum absolute atomic E-state index is 5.49. The third-order valence-corrected chi connectivity index (χ3v) is 2.81. The second kappa shape index (κ2) is 3.68. The van der Waals surface area contributed by atoms with E-state index in [2.05, 4.69) is 39.7 Å². The number of hydrazine groups is 1. The predicted molar refractivity (Wildman–Crippen MR) is 69.6 cm³/mol. The number of hydrogen-bond acceptors (Lipinski definition) is 4. The number of nitrogen functional groups attached to an aromatic ring is 1. The molecule has 2 aromatic carbocycles. The monoisotopic (exact) mass is 224 g/mol. The Bertz CT molecular complexity index is 706. The molecule has 4 heteroatoms. The smallest absolute Gasteiger partial charge is 0.151 e. The number of aromatic nitrogens is 2. The van der Waals surface area contributed by atoms with Crippen molar-refractivity contribution in [3.8, 4) is 0 Å². The minimum absolute atomic E-state index is 0.665. The lowest BCUT2D eigenvalue weighted by Crippen LogP contribution is -2.10. The molecule has 3 N–H and O–H groups in total. The van der Waals surface area contributed by atoms with Gasteiger partial charge < -0.3 is 5.43 Å². The zero-order chi connectivity index (χ0) is 11.8. The van der Waals surface area contributed by atoms with E-state index in [1.165, 1.54) is 5.39 Å². The molecule has 0 fully saturated rings. The zero-order valence-electron chi connectivity index (χ0n) is 9.44. The molecule has 0 radical (unpaired) electrons. The van der Waals surface area contributed by atoms with Crippen molar-refractivity contribution in [3.05, 3.63) is 42.2 Å². The summed E-state index contributed by atoms with van der Waals surface area (Å²) in [7, 11) is 0. The highest BCUT2D eigenvalue weighted by molar-refractivity contribution is 6.00. The lowest BCUT2D eigenvalue weighted by molar-refractivity contribution is 1.08. The molecule has 4 nitrogen and oxygen atoms in total. The van der Waals surface area contributed by atoms with Crippen LogP contribution in [0.2, 0.25) is 0 Å². The van der Waals surface area contributed by atoms with E-state index in [1.54, 1.807) is 0 Å². The van der Waals surface area contributed by atoms with Gasteiger partial charge >= 0.3 is 0 Å². The lowest BCUT2D eigenvalue weighted by Gasteiger charge is -2.07. The number of anilines is 1. The molecule has 84 valence electrons. The van der Waals surface area contributed by atoms with Crippen molar-refractivity contribution in [2.24, 2.45) is 5.84 Å². The fraction of sp³-hybridized carbons (Fsp3) is 0.0769. The Balaban J connectivity index is 2.47. The van der Waals surface area contributed by atoms with Crippen LogP contribution in [0.1, 0.15) is 5.82 Å². The normalized spacial score (nSPS) is 10.9. The third kappa shape index (κ3) is 1.59. The molecule has 1 heterocycles. The van der Waals surface area contributed by atoms with Gasteiger partial charge in [-0.15, -0.1) is 0 Å². The Morgan fingerprint density at radius 1 is 1.06 bits per heavy atom. The summed E-state index contributed by atoms with van der Waals surface area (Å²) in [6.07, 6.45) is 0. The van der Waals surface area contributed by atoms with Gasteiger partial charge in [-0.1, -0.05) is 24.3 Å². The van der Waals surface area contributed by atoms with Crippen LogP contribution in [0, 0.1) is 6.92 Å². The Morgan fingerprint density at radius 2 is 1.76 bits per heavy atom. The van der Waals surface area contributed by atoms with Crippen LogP contribution in [-0.4, -0.2) is 9.97 Å². The SMILES string of the molecule is Cc1nc(NN)c2cc3ccccc3cc2n1. The highest BCUT2D eigenvalue weighted by Gasteiger charge is 2.05. The molecular formula is C13H12N4. The summed E-state index contributed by atoms with van der Waals surface area (Å²) >= 11 is 0. The van der Waals surface area contributed by atoms with Gasteiger partial charge in [-0.05, 0) is 29.8 Å². The first-order valence-electron chi connectivity index (χ1n) is 5.42. The number of rotatable bonds is 1. The van der Waals surface area contributed by atoms with Crippen LogP contribution in [0.25, 0.3) is 21.7 Å². The summed E-state index contributed by atoms with van der Waals surface area (Å²) in [5.41, 5.74) is 3.53. The molecule has 1 aromatic heterocycles. The first-order valence-corrected chi connectivity index (χ1v) is 5.42. The van der Waals surface area contributed by atoms with Gasteiger partial charge in [0, 0.05) is 5.39 Å². The minimum Gasteiger partial charge on any atom is -0.308 e. The van der Waals surface area contributed by atoms with Crippen molar-refractivity contribution in [1.82, 2.24) is 9.97 Å². The molecule has 0 saturated carbocycles. The molecule has 0 amide bonds. The average Bonchev–Trinajstić information content (AvgIpc) is 2.35. The molecule has 0 unspecified atom stereocenters. The molecule has 0 saturated heterocycles. The van der Waals surface area contributed by atoms with E-state index in [4.69, 9.17) is 5.84 Å². The Morgan fingerprint density at radius 3 is 2.47 bits per heavy atom. The topological polar surface area (TPSA) is 63.8 Å². The first-order chi connectivity index (χ1) is 8.28. The van der Waals surface area contributed by atoms with Crippen molar-refractivity contribution in [1.29, 1.82) is 0 Å². The molecule has 0 bridgehead atoms. The second-order valence-electron chi connectivity index (χ2n) is 3.98. The van der Waals surface area contributed by atoms with Crippen molar-refractivity contribution >= 4 is 27.5 Å². The number of nitrogens with two attached hydrogens (primary N) is 1. The molecule has 0 aliphatic heterocycles. The number of fused-ring (bicyclic) bond motifs is 2. The van der Waals surface area contributed by atoms with Gasteiger partial charge in [0.1, 0.15) is 5.82 Å². The largest absolute Gasteiger partial charge is 0.308 e. The predicted octanol–water partition coefficient (Wildman–Crippen LogP) is 2.38. The fourth-order valence-electron chi connectivity index (χ4n) is 2.04. The molecule has 3 rings (SSSR count). The maximum Gasteiger partial charge on any atom is 0.151 e. The van der Waals surface area contributed by atoms with E-state index < -0.39 is 0 Å². The van der Waals surface area contributed by atoms with Crippen LogP contribution in [0.5, 0.6) is 0 Å². The number of nitrogens with zero attached hydrogens (tertiary/aromatic N) is 2. The van der Waals surface area contributed by atoms with Gasteiger partial charge in [-0.25, -0.2) is 15.8 Å². The lowest BCUT2D eigenvalue weighted by atomic mass is 10.1. The Kier molecular flexibility index (Phi) is 2.16. The molecule has 0 spiro atoms. The van der Waals surface area contributed by atoms with E-state index in [-0.39, 0.29) is 0 Å². The number of aryl methyl sites for hydroxylation is 1. The number of nitrogens with one attached hydrogen (secondary N) is 1. The van der Waals surface area contributed by atoms with Gasteiger partial charge in [0.05, 0.1) is 5.52 Å². The van der Waals surface area contributed by atoms with Crippen molar-refractivity contribution in [3.63, 3.8) is 0 Å². The number of benzene rings is 2. The van der Waals surface area contributed by atoms with E-state index in [1.807, 2.05) is 19.1 Å². The molecule has 0 aliphatic carbocycles. The van der Waals surface area contributed by atoms with Crippen LogP contribution in [0.15, 0.2) is 36.4 Å².